The van der Waals surface area contributed by atoms with Crippen LogP contribution in [-0.2, 0) is 10.8 Å². The third-order valence-corrected chi connectivity index (χ3v) is 13.3. The molecular formula is C46H40O2S4. The summed E-state index contributed by atoms with van der Waals surface area (Å²) in [6.45, 7) is 13.2. The molecule has 7 rings (SSSR count). The van der Waals surface area contributed by atoms with Crippen molar-refractivity contribution in [1.82, 2.24) is 0 Å². The van der Waals surface area contributed by atoms with Crippen LogP contribution in [0.4, 0.5) is 0 Å². The molecule has 6 aromatic rings. The molecule has 0 aliphatic heterocycles. The lowest BCUT2D eigenvalue weighted by Crippen LogP contribution is -2.24. The Bertz CT molecular complexity index is 2100. The highest BCUT2D eigenvalue weighted by molar-refractivity contribution is 8.00. The molecule has 0 aromatic heterocycles. The van der Waals surface area contributed by atoms with E-state index in [1.165, 1.54) is 34.7 Å². The molecule has 0 bridgehead atoms. The number of benzene rings is 6. The lowest BCUT2D eigenvalue weighted by Gasteiger charge is -2.26. The van der Waals surface area contributed by atoms with Gasteiger partial charge < -0.3 is 0 Å². The minimum absolute atomic E-state index is 0.0297. The highest BCUT2D eigenvalue weighted by atomic mass is 32.2. The fourth-order valence-corrected chi connectivity index (χ4v) is 10.0. The summed E-state index contributed by atoms with van der Waals surface area (Å²) in [6, 6.07) is 45.2. The number of hydrogen-bond acceptors (Lipinski definition) is 6. The number of carbonyl (C=O) groups excluding carboxylic acids is 2. The van der Waals surface area contributed by atoms with Gasteiger partial charge in [-0.1, -0.05) is 149 Å². The van der Waals surface area contributed by atoms with E-state index < -0.39 is 0 Å². The number of ketones is 2. The van der Waals surface area contributed by atoms with Crippen molar-refractivity contribution in [2.45, 2.75) is 91.5 Å². The van der Waals surface area contributed by atoms with E-state index in [0.29, 0.717) is 22.3 Å². The van der Waals surface area contributed by atoms with Gasteiger partial charge in [0.2, 0.25) is 0 Å². The SMILES string of the molecule is CC(C)(C)c1ccc(Sc2ccc(Sc3ccccc3)c3c2C(=O)c2c(Sc4ccccc4)ccc(Sc4ccc(C(C)(C)C)cc4)c2C3=O)cc1. The Morgan fingerprint density at radius 3 is 0.827 bits per heavy atom. The minimum atomic E-state index is -0.113. The molecule has 1 aliphatic rings. The summed E-state index contributed by atoms with van der Waals surface area (Å²) in [5.41, 5.74) is 4.47. The van der Waals surface area contributed by atoms with Crippen molar-refractivity contribution in [1.29, 1.82) is 0 Å². The third-order valence-electron chi connectivity index (χ3n) is 9.00. The summed E-state index contributed by atoms with van der Waals surface area (Å²) in [6.07, 6.45) is 0. The molecule has 0 spiro atoms. The maximum atomic E-state index is 15.2. The van der Waals surface area contributed by atoms with Gasteiger partial charge in [0.15, 0.2) is 11.6 Å². The average Bonchev–Trinajstić information content (AvgIpc) is 3.12. The first kappa shape index (κ1) is 36.4. The molecule has 0 N–H and O–H groups in total. The second-order valence-electron chi connectivity index (χ2n) is 14.9. The standard InChI is InChI=1S/C46H40O2S4/c1-45(2,3)29-17-21-33(22-18-29)51-37-27-25-35(49-31-13-9-7-10-14-31)39-41(37)43(47)40-36(50-32-15-11-8-12-16-32)26-28-38(42(40)44(39)48)52-34-23-19-30(20-24-34)46(4,5)6/h7-28H,1-6H3. The molecule has 52 heavy (non-hydrogen) atoms. The van der Waals surface area contributed by atoms with Crippen molar-refractivity contribution >= 4 is 58.6 Å². The number of rotatable bonds is 8. The fraction of sp³-hybridized carbons (Fsp3) is 0.174. The molecular weight excluding hydrogens is 713 g/mol. The van der Waals surface area contributed by atoms with Crippen molar-refractivity contribution in [3.8, 4) is 0 Å². The molecule has 2 nitrogen and oxygen atoms in total. The maximum absolute atomic E-state index is 15.2. The number of hydrogen-bond donors (Lipinski definition) is 0. The van der Waals surface area contributed by atoms with Crippen LogP contribution in [0.5, 0.6) is 0 Å². The van der Waals surface area contributed by atoms with Gasteiger partial charge in [-0.05, 0) is 94.8 Å². The van der Waals surface area contributed by atoms with Crippen molar-refractivity contribution in [3.63, 3.8) is 0 Å². The second-order valence-corrected chi connectivity index (χ2v) is 19.3. The first-order valence-electron chi connectivity index (χ1n) is 17.3. The molecule has 0 fully saturated rings. The van der Waals surface area contributed by atoms with Crippen molar-refractivity contribution < 1.29 is 9.59 Å². The topological polar surface area (TPSA) is 34.1 Å². The highest BCUT2D eigenvalue weighted by Crippen LogP contribution is 2.48. The van der Waals surface area contributed by atoms with E-state index in [0.717, 1.165) is 39.2 Å². The van der Waals surface area contributed by atoms with Gasteiger partial charge in [-0.2, -0.15) is 0 Å². The lowest BCUT2D eigenvalue weighted by atomic mass is 9.84. The van der Waals surface area contributed by atoms with Gasteiger partial charge in [0.1, 0.15) is 0 Å². The molecule has 0 unspecified atom stereocenters. The predicted octanol–water partition coefficient (Wildman–Crippen LogP) is 13.7. The first-order chi connectivity index (χ1) is 24.9. The van der Waals surface area contributed by atoms with Gasteiger partial charge in [-0.25, -0.2) is 0 Å². The zero-order valence-electron chi connectivity index (χ0n) is 30.2. The van der Waals surface area contributed by atoms with E-state index in [9.17, 15) is 0 Å². The van der Waals surface area contributed by atoms with Gasteiger partial charge in [-0.3, -0.25) is 9.59 Å². The molecule has 0 radical (unpaired) electrons. The van der Waals surface area contributed by atoms with E-state index in [-0.39, 0.29) is 22.4 Å². The summed E-state index contributed by atoms with van der Waals surface area (Å²) in [7, 11) is 0. The minimum Gasteiger partial charge on any atom is -0.288 e. The van der Waals surface area contributed by atoms with Gasteiger partial charge in [0, 0.05) is 61.4 Å². The maximum Gasteiger partial charge on any atom is 0.196 e. The lowest BCUT2D eigenvalue weighted by molar-refractivity contribution is 0.0970. The molecule has 260 valence electrons. The van der Waals surface area contributed by atoms with Crippen molar-refractivity contribution in [2.24, 2.45) is 0 Å². The predicted molar refractivity (Wildman–Crippen MR) is 219 cm³/mol. The van der Waals surface area contributed by atoms with E-state index in [2.05, 4.69) is 90.1 Å². The highest BCUT2D eigenvalue weighted by Gasteiger charge is 2.38. The Morgan fingerprint density at radius 2 is 0.577 bits per heavy atom. The summed E-state index contributed by atoms with van der Waals surface area (Å²) >= 11 is 6.14. The van der Waals surface area contributed by atoms with Gasteiger partial charge >= 0.3 is 0 Å². The average molecular weight is 753 g/mol. The van der Waals surface area contributed by atoms with Crippen LogP contribution in [0.2, 0.25) is 0 Å². The molecule has 0 amide bonds. The third kappa shape index (κ3) is 7.72. The van der Waals surface area contributed by atoms with Crippen LogP contribution in [0, 0.1) is 0 Å². The van der Waals surface area contributed by atoms with E-state index in [1.807, 2.05) is 84.9 Å². The van der Waals surface area contributed by atoms with E-state index in [4.69, 9.17) is 0 Å². The van der Waals surface area contributed by atoms with Crippen molar-refractivity contribution in [3.05, 3.63) is 167 Å². The Kier molecular flexibility index (Phi) is 10.4. The Hall–Kier alpha value is -3.94. The monoisotopic (exact) mass is 752 g/mol. The molecule has 0 atom stereocenters. The Labute approximate surface area is 324 Å². The fourth-order valence-electron chi connectivity index (χ4n) is 6.15. The molecule has 6 heteroatoms. The molecule has 6 aromatic carbocycles. The van der Waals surface area contributed by atoms with Crippen LogP contribution in [0.15, 0.2) is 173 Å². The van der Waals surface area contributed by atoms with Crippen LogP contribution >= 0.6 is 47.0 Å². The van der Waals surface area contributed by atoms with Gasteiger partial charge in [0.05, 0.1) is 0 Å². The molecule has 0 saturated carbocycles. The van der Waals surface area contributed by atoms with Gasteiger partial charge in [0.25, 0.3) is 0 Å². The molecule has 0 heterocycles. The quantitative estimate of drug-likeness (QED) is 0.154. The zero-order chi connectivity index (χ0) is 36.6. The number of fused-ring (bicyclic) bond motifs is 2. The van der Waals surface area contributed by atoms with Crippen LogP contribution in [0.25, 0.3) is 0 Å². The zero-order valence-corrected chi connectivity index (χ0v) is 33.4. The summed E-state index contributed by atoms with van der Waals surface area (Å²) in [5.74, 6) is -0.226. The smallest absolute Gasteiger partial charge is 0.196 e. The summed E-state index contributed by atoms with van der Waals surface area (Å²) < 4.78 is 0. The summed E-state index contributed by atoms with van der Waals surface area (Å²) in [5, 5.41) is 0. The largest absolute Gasteiger partial charge is 0.288 e. The van der Waals surface area contributed by atoms with Crippen LogP contribution in [-0.4, -0.2) is 11.6 Å². The van der Waals surface area contributed by atoms with Crippen LogP contribution in [0.3, 0.4) is 0 Å². The van der Waals surface area contributed by atoms with E-state index >= 15 is 9.59 Å². The second kappa shape index (κ2) is 14.8. The Morgan fingerprint density at radius 1 is 0.327 bits per heavy atom. The first-order valence-corrected chi connectivity index (χ1v) is 20.6. The van der Waals surface area contributed by atoms with Crippen molar-refractivity contribution in [2.75, 3.05) is 0 Å². The normalized spacial score (nSPS) is 12.8. The van der Waals surface area contributed by atoms with Crippen LogP contribution in [0.1, 0.15) is 84.5 Å². The van der Waals surface area contributed by atoms with Crippen LogP contribution < -0.4 is 0 Å². The number of carbonyl (C=O) groups is 2. The molecule has 1 aliphatic carbocycles. The van der Waals surface area contributed by atoms with Gasteiger partial charge in [-0.15, -0.1) is 0 Å². The Balaban J connectivity index is 1.39. The van der Waals surface area contributed by atoms with E-state index in [1.54, 1.807) is 23.5 Å². The molecule has 0 saturated heterocycles. The summed E-state index contributed by atoms with van der Waals surface area (Å²) in [4.78, 5) is 37.6.